The number of nitrogens with two attached hydrogens (primary N) is 1. The minimum absolute atomic E-state index is 0.481. The topological polar surface area (TPSA) is 54.7 Å². The Labute approximate surface area is 78.7 Å². The molecule has 0 bridgehead atoms. The van der Waals surface area contributed by atoms with Crippen LogP contribution in [0.25, 0.3) is 0 Å². The molecule has 1 fully saturated rings. The SMILES string of the molecule is CC(C)c1c(N)n[nH]c1C1CCC1. The Bertz CT molecular complexity index is 297. The molecular weight excluding hydrogens is 162 g/mol. The van der Waals surface area contributed by atoms with Crippen molar-refractivity contribution in [2.45, 2.75) is 44.9 Å². The van der Waals surface area contributed by atoms with Gasteiger partial charge in [0.15, 0.2) is 0 Å². The molecule has 1 aliphatic carbocycles. The molecule has 0 atom stereocenters. The van der Waals surface area contributed by atoms with Gasteiger partial charge in [-0.05, 0) is 18.8 Å². The number of hydrogen-bond donors (Lipinski definition) is 2. The number of aromatic nitrogens is 2. The highest BCUT2D eigenvalue weighted by atomic mass is 15.2. The van der Waals surface area contributed by atoms with Crippen LogP contribution < -0.4 is 5.73 Å². The normalized spacial score (nSPS) is 17.8. The van der Waals surface area contributed by atoms with Crippen LogP contribution in [0.1, 0.15) is 56.2 Å². The number of nitrogens with one attached hydrogen (secondary N) is 1. The first-order valence-corrected chi connectivity index (χ1v) is 5.03. The smallest absolute Gasteiger partial charge is 0.148 e. The largest absolute Gasteiger partial charge is 0.382 e. The van der Waals surface area contributed by atoms with E-state index < -0.39 is 0 Å². The maximum atomic E-state index is 5.82. The van der Waals surface area contributed by atoms with Crippen molar-refractivity contribution < 1.29 is 0 Å². The lowest BCUT2D eigenvalue weighted by Crippen LogP contribution is -2.12. The summed E-state index contributed by atoms with van der Waals surface area (Å²) in [5.74, 6) is 1.87. The van der Waals surface area contributed by atoms with Crippen LogP contribution in [0.15, 0.2) is 0 Å². The highest BCUT2D eigenvalue weighted by Crippen LogP contribution is 2.40. The first-order chi connectivity index (χ1) is 6.20. The van der Waals surface area contributed by atoms with Gasteiger partial charge in [0, 0.05) is 17.2 Å². The number of rotatable bonds is 2. The van der Waals surface area contributed by atoms with E-state index in [4.69, 9.17) is 5.73 Å². The summed E-state index contributed by atoms with van der Waals surface area (Å²) in [4.78, 5) is 0. The fourth-order valence-corrected chi connectivity index (χ4v) is 1.99. The summed E-state index contributed by atoms with van der Waals surface area (Å²) in [5.41, 5.74) is 8.35. The summed E-state index contributed by atoms with van der Waals surface area (Å²) >= 11 is 0. The second kappa shape index (κ2) is 3.05. The molecule has 3 nitrogen and oxygen atoms in total. The van der Waals surface area contributed by atoms with Gasteiger partial charge in [0.25, 0.3) is 0 Å². The number of aromatic amines is 1. The number of nitrogens with zero attached hydrogens (tertiary/aromatic N) is 1. The van der Waals surface area contributed by atoms with Gasteiger partial charge in [-0.1, -0.05) is 20.3 Å². The van der Waals surface area contributed by atoms with Crippen LogP contribution in [-0.4, -0.2) is 10.2 Å². The predicted molar refractivity (Wildman–Crippen MR) is 53.7 cm³/mol. The monoisotopic (exact) mass is 179 g/mol. The summed E-state index contributed by atoms with van der Waals surface area (Å²) in [6, 6.07) is 0. The van der Waals surface area contributed by atoms with Gasteiger partial charge in [-0.25, -0.2) is 0 Å². The van der Waals surface area contributed by atoms with Crippen molar-refractivity contribution in [1.29, 1.82) is 0 Å². The molecule has 1 aromatic rings. The Morgan fingerprint density at radius 1 is 1.46 bits per heavy atom. The quantitative estimate of drug-likeness (QED) is 0.732. The zero-order valence-electron chi connectivity index (χ0n) is 8.30. The lowest BCUT2D eigenvalue weighted by atomic mass is 9.80. The van der Waals surface area contributed by atoms with Crippen molar-refractivity contribution in [3.63, 3.8) is 0 Å². The zero-order valence-corrected chi connectivity index (χ0v) is 8.30. The lowest BCUT2D eigenvalue weighted by Gasteiger charge is -2.25. The Kier molecular flexibility index (Phi) is 2.02. The van der Waals surface area contributed by atoms with Crippen molar-refractivity contribution in [3.05, 3.63) is 11.3 Å². The minimum atomic E-state index is 0.481. The standard InChI is InChI=1S/C10H17N3/c1-6(2)8-9(7-4-3-5-7)12-13-10(8)11/h6-7H,3-5H2,1-2H3,(H3,11,12,13). The van der Waals surface area contributed by atoms with Gasteiger partial charge < -0.3 is 5.73 Å². The van der Waals surface area contributed by atoms with Crippen LogP contribution in [0.4, 0.5) is 5.82 Å². The molecule has 1 aliphatic rings. The highest BCUT2D eigenvalue weighted by Gasteiger charge is 2.26. The number of hydrogen-bond acceptors (Lipinski definition) is 2. The van der Waals surface area contributed by atoms with E-state index in [9.17, 15) is 0 Å². The summed E-state index contributed by atoms with van der Waals surface area (Å²) < 4.78 is 0. The van der Waals surface area contributed by atoms with Crippen molar-refractivity contribution in [3.8, 4) is 0 Å². The molecule has 0 radical (unpaired) electrons. The van der Waals surface area contributed by atoms with E-state index in [1.165, 1.54) is 30.5 Å². The van der Waals surface area contributed by atoms with E-state index in [0.29, 0.717) is 17.7 Å². The average Bonchev–Trinajstić information content (AvgIpc) is 2.28. The van der Waals surface area contributed by atoms with E-state index in [1.807, 2.05) is 0 Å². The fourth-order valence-electron chi connectivity index (χ4n) is 1.99. The van der Waals surface area contributed by atoms with E-state index >= 15 is 0 Å². The number of H-pyrrole nitrogens is 1. The molecule has 3 N–H and O–H groups in total. The van der Waals surface area contributed by atoms with Crippen LogP contribution >= 0.6 is 0 Å². The maximum Gasteiger partial charge on any atom is 0.148 e. The van der Waals surface area contributed by atoms with Gasteiger partial charge in [0.1, 0.15) is 5.82 Å². The summed E-state index contributed by atoms with van der Waals surface area (Å²) in [6.07, 6.45) is 3.93. The van der Waals surface area contributed by atoms with Crippen molar-refractivity contribution in [2.75, 3.05) is 5.73 Å². The molecule has 0 aromatic carbocycles. The molecule has 0 unspecified atom stereocenters. The molecular formula is C10H17N3. The van der Waals surface area contributed by atoms with Gasteiger partial charge in [-0.2, -0.15) is 5.10 Å². The van der Waals surface area contributed by atoms with E-state index in [-0.39, 0.29) is 0 Å². The van der Waals surface area contributed by atoms with Crippen LogP contribution in [0.5, 0.6) is 0 Å². The average molecular weight is 179 g/mol. The number of nitrogen functional groups attached to an aromatic ring is 1. The molecule has 1 saturated carbocycles. The van der Waals surface area contributed by atoms with Crippen LogP contribution in [-0.2, 0) is 0 Å². The molecule has 3 heteroatoms. The zero-order chi connectivity index (χ0) is 9.42. The van der Waals surface area contributed by atoms with Gasteiger partial charge in [0.2, 0.25) is 0 Å². The molecule has 0 spiro atoms. The maximum absolute atomic E-state index is 5.82. The Morgan fingerprint density at radius 2 is 2.15 bits per heavy atom. The summed E-state index contributed by atoms with van der Waals surface area (Å²) in [7, 11) is 0. The molecule has 1 heterocycles. The van der Waals surface area contributed by atoms with E-state index in [0.717, 1.165) is 0 Å². The van der Waals surface area contributed by atoms with Crippen molar-refractivity contribution in [2.24, 2.45) is 0 Å². The Morgan fingerprint density at radius 3 is 2.62 bits per heavy atom. The first-order valence-electron chi connectivity index (χ1n) is 5.03. The number of anilines is 1. The molecule has 2 rings (SSSR count). The van der Waals surface area contributed by atoms with Crippen molar-refractivity contribution in [1.82, 2.24) is 10.2 Å². The first kappa shape index (κ1) is 8.60. The third-order valence-electron chi connectivity index (χ3n) is 2.95. The summed E-state index contributed by atoms with van der Waals surface area (Å²) in [6.45, 7) is 4.34. The minimum Gasteiger partial charge on any atom is -0.382 e. The van der Waals surface area contributed by atoms with E-state index in [2.05, 4.69) is 24.0 Å². The van der Waals surface area contributed by atoms with Crippen molar-refractivity contribution >= 4 is 5.82 Å². The van der Waals surface area contributed by atoms with Gasteiger partial charge in [0.05, 0.1) is 0 Å². The molecule has 1 aromatic heterocycles. The Balaban J connectivity index is 2.33. The lowest BCUT2D eigenvalue weighted by molar-refractivity contribution is 0.407. The molecule has 0 amide bonds. The predicted octanol–water partition coefficient (Wildman–Crippen LogP) is 2.38. The second-order valence-corrected chi connectivity index (χ2v) is 4.22. The Hall–Kier alpha value is -0.990. The molecule has 0 saturated heterocycles. The van der Waals surface area contributed by atoms with Crippen LogP contribution in [0.3, 0.4) is 0 Å². The fraction of sp³-hybridized carbons (Fsp3) is 0.700. The third kappa shape index (κ3) is 1.32. The van der Waals surface area contributed by atoms with Crippen LogP contribution in [0, 0.1) is 0 Å². The van der Waals surface area contributed by atoms with Crippen LogP contribution in [0.2, 0.25) is 0 Å². The van der Waals surface area contributed by atoms with Gasteiger partial charge >= 0.3 is 0 Å². The highest BCUT2D eigenvalue weighted by molar-refractivity contribution is 5.45. The summed E-state index contributed by atoms with van der Waals surface area (Å²) in [5, 5.41) is 7.18. The molecule has 0 aliphatic heterocycles. The molecule has 72 valence electrons. The third-order valence-corrected chi connectivity index (χ3v) is 2.95. The van der Waals surface area contributed by atoms with Gasteiger partial charge in [-0.15, -0.1) is 0 Å². The molecule has 13 heavy (non-hydrogen) atoms. The van der Waals surface area contributed by atoms with E-state index in [1.54, 1.807) is 0 Å². The second-order valence-electron chi connectivity index (χ2n) is 4.22. The van der Waals surface area contributed by atoms with Gasteiger partial charge in [-0.3, -0.25) is 5.10 Å².